The van der Waals surface area contributed by atoms with E-state index in [4.69, 9.17) is 4.74 Å². The molecule has 0 saturated heterocycles. The first kappa shape index (κ1) is 11.5. The zero-order valence-corrected chi connectivity index (χ0v) is 8.90. The Hall–Kier alpha value is -0.500. The summed E-state index contributed by atoms with van der Waals surface area (Å²) in [4.78, 5) is 0. The van der Waals surface area contributed by atoms with Crippen LogP contribution in [0.25, 0.3) is 0 Å². The Morgan fingerprint density at radius 2 is 2.00 bits per heavy atom. The molecular formula is C10H21NO. The Kier molecular flexibility index (Phi) is 4.98. The van der Waals surface area contributed by atoms with E-state index in [9.17, 15) is 0 Å². The number of allylic oxidation sites excluding steroid dienone is 1. The number of hydrogen-bond acceptors (Lipinski definition) is 2. The largest absolute Gasteiger partial charge is 0.491 e. The molecule has 2 heteroatoms. The molecule has 0 saturated carbocycles. The summed E-state index contributed by atoms with van der Waals surface area (Å²) in [5.41, 5.74) is -0.0855. The van der Waals surface area contributed by atoms with E-state index in [-0.39, 0.29) is 5.60 Å². The second-order valence-corrected chi connectivity index (χ2v) is 3.82. The van der Waals surface area contributed by atoms with E-state index in [2.05, 4.69) is 39.1 Å². The minimum Gasteiger partial charge on any atom is -0.491 e. The predicted octanol–water partition coefficient (Wildman–Crippen LogP) is 2.31. The van der Waals surface area contributed by atoms with Gasteiger partial charge in [0, 0.05) is 0 Å². The van der Waals surface area contributed by atoms with Crippen LogP contribution < -0.4 is 5.32 Å². The van der Waals surface area contributed by atoms with E-state index in [1.807, 2.05) is 7.05 Å². The van der Waals surface area contributed by atoms with Gasteiger partial charge in [0.1, 0.15) is 11.4 Å². The van der Waals surface area contributed by atoms with E-state index < -0.39 is 0 Å². The summed E-state index contributed by atoms with van der Waals surface area (Å²) in [5.74, 6) is 1.03. The maximum atomic E-state index is 5.72. The lowest BCUT2D eigenvalue weighted by atomic mass is 10.2. The number of hydrogen-bond donors (Lipinski definition) is 1. The van der Waals surface area contributed by atoms with Gasteiger partial charge in [-0.05, 0) is 40.3 Å². The highest BCUT2D eigenvalue weighted by Crippen LogP contribution is 2.13. The van der Waals surface area contributed by atoms with Crippen LogP contribution in [0.3, 0.4) is 0 Å². The zero-order chi connectivity index (χ0) is 9.61. The lowest BCUT2D eigenvalue weighted by molar-refractivity contribution is 0.0488. The number of likely N-dealkylation sites (N-methyl/N-ethyl adjacent to an activating group) is 1. The van der Waals surface area contributed by atoms with Gasteiger partial charge in [-0.15, -0.1) is 0 Å². The van der Waals surface area contributed by atoms with Gasteiger partial charge in [-0.25, -0.2) is 0 Å². The van der Waals surface area contributed by atoms with Crippen molar-refractivity contribution >= 4 is 0 Å². The molecule has 0 aromatic heterocycles. The first-order valence-electron chi connectivity index (χ1n) is 4.52. The van der Waals surface area contributed by atoms with Crippen molar-refractivity contribution in [3.05, 3.63) is 11.8 Å². The molecule has 0 amide bonds. The molecule has 0 bridgehead atoms. The molecular weight excluding hydrogens is 150 g/mol. The third-order valence-corrected chi connectivity index (χ3v) is 1.22. The maximum absolute atomic E-state index is 5.72. The summed E-state index contributed by atoms with van der Waals surface area (Å²) in [7, 11) is 1.93. The van der Waals surface area contributed by atoms with Crippen molar-refractivity contribution in [2.75, 3.05) is 13.6 Å². The molecule has 0 unspecified atom stereocenters. The van der Waals surface area contributed by atoms with Crippen LogP contribution in [0.5, 0.6) is 0 Å². The fraction of sp³-hybridized carbons (Fsp3) is 0.800. The monoisotopic (exact) mass is 171 g/mol. The Morgan fingerprint density at radius 1 is 1.42 bits per heavy atom. The van der Waals surface area contributed by atoms with Gasteiger partial charge in [-0.2, -0.15) is 0 Å². The summed E-state index contributed by atoms with van der Waals surface area (Å²) in [6.07, 6.45) is 3.13. The molecule has 0 spiro atoms. The van der Waals surface area contributed by atoms with Crippen molar-refractivity contribution in [1.82, 2.24) is 5.32 Å². The topological polar surface area (TPSA) is 21.3 Å². The van der Waals surface area contributed by atoms with Crippen LogP contribution in [-0.4, -0.2) is 19.2 Å². The van der Waals surface area contributed by atoms with Gasteiger partial charge in [0.25, 0.3) is 0 Å². The highest BCUT2D eigenvalue weighted by atomic mass is 16.5. The SMILES string of the molecule is CC/C=C(/CNC)OC(C)(C)C. The molecule has 0 aliphatic rings. The van der Waals surface area contributed by atoms with Crippen molar-refractivity contribution in [1.29, 1.82) is 0 Å². The number of rotatable bonds is 4. The van der Waals surface area contributed by atoms with Gasteiger partial charge in [-0.3, -0.25) is 0 Å². The molecule has 2 nitrogen and oxygen atoms in total. The molecule has 0 heterocycles. The fourth-order valence-corrected chi connectivity index (χ4v) is 0.945. The van der Waals surface area contributed by atoms with Gasteiger partial charge in [0.2, 0.25) is 0 Å². The molecule has 0 radical (unpaired) electrons. The van der Waals surface area contributed by atoms with E-state index in [0.717, 1.165) is 18.7 Å². The minimum absolute atomic E-state index is 0.0855. The van der Waals surface area contributed by atoms with E-state index >= 15 is 0 Å². The molecule has 0 atom stereocenters. The summed E-state index contributed by atoms with van der Waals surface area (Å²) < 4.78 is 5.72. The van der Waals surface area contributed by atoms with Crippen LogP contribution >= 0.6 is 0 Å². The third-order valence-electron chi connectivity index (χ3n) is 1.22. The van der Waals surface area contributed by atoms with E-state index in [0.29, 0.717) is 0 Å². The zero-order valence-electron chi connectivity index (χ0n) is 8.90. The Morgan fingerprint density at radius 3 is 2.33 bits per heavy atom. The van der Waals surface area contributed by atoms with Gasteiger partial charge in [0.05, 0.1) is 6.54 Å². The first-order valence-corrected chi connectivity index (χ1v) is 4.52. The van der Waals surface area contributed by atoms with E-state index in [1.165, 1.54) is 0 Å². The minimum atomic E-state index is -0.0855. The average Bonchev–Trinajstić information content (AvgIpc) is 1.84. The second kappa shape index (κ2) is 5.20. The average molecular weight is 171 g/mol. The molecule has 0 aliphatic heterocycles. The molecule has 12 heavy (non-hydrogen) atoms. The Bertz CT molecular complexity index is 144. The van der Waals surface area contributed by atoms with Crippen LogP contribution in [-0.2, 0) is 4.74 Å². The van der Waals surface area contributed by atoms with Crippen molar-refractivity contribution in [3.63, 3.8) is 0 Å². The van der Waals surface area contributed by atoms with Gasteiger partial charge < -0.3 is 10.1 Å². The highest BCUT2D eigenvalue weighted by Gasteiger charge is 2.12. The summed E-state index contributed by atoms with van der Waals surface area (Å²) in [6, 6.07) is 0. The lowest BCUT2D eigenvalue weighted by Gasteiger charge is -2.23. The predicted molar refractivity (Wildman–Crippen MR) is 53.1 cm³/mol. The molecule has 1 N–H and O–H groups in total. The number of ether oxygens (including phenoxy) is 1. The van der Waals surface area contributed by atoms with Crippen LogP contribution in [0.15, 0.2) is 11.8 Å². The second-order valence-electron chi connectivity index (χ2n) is 3.82. The summed E-state index contributed by atoms with van der Waals surface area (Å²) in [6.45, 7) is 9.11. The fourth-order valence-electron chi connectivity index (χ4n) is 0.945. The molecule has 0 aromatic carbocycles. The van der Waals surface area contributed by atoms with Gasteiger partial charge in [-0.1, -0.05) is 6.92 Å². The van der Waals surface area contributed by atoms with Gasteiger partial charge in [0.15, 0.2) is 0 Å². The molecule has 0 fully saturated rings. The van der Waals surface area contributed by atoms with Crippen LogP contribution in [0.1, 0.15) is 34.1 Å². The maximum Gasteiger partial charge on any atom is 0.107 e. The molecule has 0 aromatic rings. The van der Waals surface area contributed by atoms with Crippen molar-refractivity contribution in [2.45, 2.75) is 39.7 Å². The van der Waals surface area contributed by atoms with Crippen LogP contribution in [0.2, 0.25) is 0 Å². The lowest BCUT2D eigenvalue weighted by Crippen LogP contribution is -2.23. The highest BCUT2D eigenvalue weighted by molar-refractivity contribution is 4.96. The van der Waals surface area contributed by atoms with Gasteiger partial charge >= 0.3 is 0 Å². The molecule has 0 rings (SSSR count). The summed E-state index contributed by atoms with van der Waals surface area (Å²) >= 11 is 0. The normalized spacial score (nSPS) is 13.2. The third kappa shape index (κ3) is 6.23. The Balaban J connectivity index is 4.05. The molecule has 72 valence electrons. The quantitative estimate of drug-likeness (QED) is 0.655. The van der Waals surface area contributed by atoms with E-state index in [1.54, 1.807) is 0 Å². The van der Waals surface area contributed by atoms with Crippen molar-refractivity contribution in [3.8, 4) is 0 Å². The summed E-state index contributed by atoms with van der Waals surface area (Å²) in [5, 5.41) is 3.08. The number of nitrogens with one attached hydrogen (secondary N) is 1. The van der Waals surface area contributed by atoms with Crippen molar-refractivity contribution in [2.24, 2.45) is 0 Å². The smallest absolute Gasteiger partial charge is 0.107 e. The van der Waals surface area contributed by atoms with Crippen LogP contribution in [0, 0.1) is 0 Å². The first-order chi connectivity index (χ1) is 5.49. The molecule has 0 aliphatic carbocycles. The van der Waals surface area contributed by atoms with Crippen LogP contribution in [0.4, 0.5) is 0 Å². The Labute approximate surface area is 76.0 Å². The van der Waals surface area contributed by atoms with Crippen molar-refractivity contribution < 1.29 is 4.74 Å². The standard InChI is InChI=1S/C10H21NO/c1-6-7-9(8-11-5)12-10(2,3)4/h7,11H,6,8H2,1-5H3/b9-7-.